The standard InChI is InChI=1S/C15H21NO3/c1-3-19-13-8-6-12(7-9-13)14(15(17)18-2)16-10-11-4-5-11/h6-9,11,14,16H,3-5,10H2,1-2H3. The minimum atomic E-state index is -0.388. The molecule has 0 radical (unpaired) electrons. The molecule has 4 heteroatoms. The number of rotatable bonds is 7. The molecule has 4 nitrogen and oxygen atoms in total. The number of nitrogens with one attached hydrogen (secondary N) is 1. The summed E-state index contributed by atoms with van der Waals surface area (Å²) in [6.45, 7) is 3.45. The van der Waals surface area contributed by atoms with Gasteiger partial charge in [-0.1, -0.05) is 12.1 Å². The third-order valence-electron chi connectivity index (χ3n) is 3.27. The largest absolute Gasteiger partial charge is 0.494 e. The molecule has 1 saturated carbocycles. The summed E-state index contributed by atoms with van der Waals surface area (Å²) in [5.74, 6) is 1.29. The van der Waals surface area contributed by atoms with Crippen molar-refractivity contribution in [3.63, 3.8) is 0 Å². The molecule has 1 aliphatic rings. The molecule has 1 aromatic rings. The van der Waals surface area contributed by atoms with E-state index in [4.69, 9.17) is 9.47 Å². The number of carbonyl (C=O) groups is 1. The van der Waals surface area contributed by atoms with Crippen LogP contribution in [0.2, 0.25) is 0 Å². The molecule has 19 heavy (non-hydrogen) atoms. The van der Waals surface area contributed by atoms with Crippen LogP contribution in [0.1, 0.15) is 31.4 Å². The number of carbonyl (C=O) groups excluding carboxylic acids is 1. The minimum Gasteiger partial charge on any atom is -0.494 e. The van der Waals surface area contributed by atoms with Crippen molar-refractivity contribution in [1.82, 2.24) is 5.32 Å². The Kier molecular flexibility index (Phi) is 4.80. The molecule has 0 saturated heterocycles. The topological polar surface area (TPSA) is 47.6 Å². The lowest BCUT2D eigenvalue weighted by atomic mass is 10.1. The van der Waals surface area contributed by atoms with Crippen molar-refractivity contribution < 1.29 is 14.3 Å². The zero-order chi connectivity index (χ0) is 13.7. The first-order chi connectivity index (χ1) is 9.24. The monoisotopic (exact) mass is 263 g/mol. The van der Waals surface area contributed by atoms with Gasteiger partial charge in [-0.05, 0) is 49.9 Å². The minimum absolute atomic E-state index is 0.246. The Morgan fingerprint density at radius 1 is 1.37 bits per heavy atom. The maximum Gasteiger partial charge on any atom is 0.327 e. The summed E-state index contributed by atoms with van der Waals surface area (Å²) >= 11 is 0. The van der Waals surface area contributed by atoms with Crippen molar-refractivity contribution in [3.05, 3.63) is 29.8 Å². The van der Waals surface area contributed by atoms with Crippen LogP contribution in [0.15, 0.2) is 24.3 Å². The van der Waals surface area contributed by atoms with Gasteiger partial charge in [0, 0.05) is 0 Å². The summed E-state index contributed by atoms with van der Waals surface area (Å²) in [5, 5.41) is 3.28. The Hall–Kier alpha value is -1.55. The van der Waals surface area contributed by atoms with E-state index in [0.717, 1.165) is 23.8 Å². The average Bonchev–Trinajstić information content (AvgIpc) is 3.25. The van der Waals surface area contributed by atoms with Gasteiger partial charge in [0.2, 0.25) is 0 Å². The maximum absolute atomic E-state index is 11.8. The Bertz CT molecular complexity index is 412. The van der Waals surface area contributed by atoms with Gasteiger partial charge in [-0.3, -0.25) is 0 Å². The lowest BCUT2D eigenvalue weighted by Gasteiger charge is -2.17. The van der Waals surface area contributed by atoms with Gasteiger partial charge >= 0.3 is 5.97 Å². The Labute approximate surface area is 114 Å². The van der Waals surface area contributed by atoms with Gasteiger partial charge in [0.15, 0.2) is 0 Å². The van der Waals surface area contributed by atoms with Gasteiger partial charge in [-0.15, -0.1) is 0 Å². The molecule has 2 rings (SSSR count). The average molecular weight is 263 g/mol. The Morgan fingerprint density at radius 3 is 2.58 bits per heavy atom. The molecule has 1 fully saturated rings. The molecule has 1 unspecified atom stereocenters. The van der Waals surface area contributed by atoms with E-state index >= 15 is 0 Å². The predicted molar refractivity (Wildman–Crippen MR) is 73.1 cm³/mol. The molecule has 1 aliphatic carbocycles. The molecule has 1 aromatic carbocycles. The highest BCUT2D eigenvalue weighted by Crippen LogP contribution is 2.29. The quantitative estimate of drug-likeness (QED) is 0.767. The summed E-state index contributed by atoms with van der Waals surface area (Å²) in [5.41, 5.74) is 0.913. The van der Waals surface area contributed by atoms with E-state index < -0.39 is 0 Å². The van der Waals surface area contributed by atoms with E-state index in [1.165, 1.54) is 20.0 Å². The zero-order valence-corrected chi connectivity index (χ0v) is 11.5. The Balaban J connectivity index is 2.04. The fourth-order valence-corrected chi connectivity index (χ4v) is 1.98. The van der Waals surface area contributed by atoms with E-state index in [9.17, 15) is 4.79 Å². The maximum atomic E-state index is 11.8. The first-order valence-corrected chi connectivity index (χ1v) is 6.78. The van der Waals surface area contributed by atoms with Crippen LogP contribution in [-0.4, -0.2) is 26.2 Å². The van der Waals surface area contributed by atoms with Crippen molar-refractivity contribution >= 4 is 5.97 Å². The SMILES string of the molecule is CCOc1ccc(C(NCC2CC2)C(=O)OC)cc1. The van der Waals surface area contributed by atoms with E-state index in [1.807, 2.05) is 31.2 Å². The highest BCUT2D eigenvalue weighted by atomic mass is 16.5. The van der Waals surface area contributed by atoms with Crippen LogP contribution in [0.3, 0.4) is 0 Å². The summed E-state index contributed by atoms with van der Waals surface area (Å²) in [6.07, 6.45) is 2.51. The second kappa shape index (κ2) is 6.57. The van der Waals surface area contributed by atoms with Gasteiger partial charge in [0.25, 0.3) is 0 Å². The molecule has 0 amide bonds. The molecular formula is C15H21NO3. The van der Waals surface area contributed by atoms with Gasteiger partial charge in [-0.2, -0.15) is 0 Å². The number of benzene rings is 1. The van der Waals surface area contributed by atoms with Crippen molar-refractivity contribution in [2.75, 3.05) is 20.3 Å². The van der Waals surface area contributed by atoms with Gasteiger partial charge in [0.05, 0.1) is 13.7 Å². The molecular weight excluding hydrogens is 242 g/mol. The van der Waals surface area contributed by atoms with E-state index in [1.54, 1.807) is 0 Å². The van der Waals surface area contributed by atoms with Crippen molar-refractivity contribution in [1.29, 1.82) is 0 Å². The number of hydrogen-bond acceptors (Lipinski definition) is 4. The summed E-state index contributed by atoms with van der Waals surface area (Å²) in [6, 6.07) is 7.20. The molecule has 1 N–H and O–H groups in total. The van der Waals surface area contributed by atoms with Crippen LogP contribution in [0, 0.1) is 5.92 Å². The smallest absolute Gasteiger partial charge is 0.327 e. The second-order valence-corrected chi connectivity index (χ2v) is 4.81. The first-order valence-electron chi connectivity index (χ1n) is 6.78. The van der Waals surface area contributed by atoms with Crippen LogP contribution in [0.5, 0.6) is 5.75 Å². The molecule has 0 aromatic heterocycles. The predicted octanol–water partition coefficient (Wildman–Crippen LogP) is 2.30. The normalized spacial score (nSPS) is 15.9. The van der Waals surface area contributed by atoms with Crippen molar-refractivity contribution in [2.45, 2.75) is 25.8 Å². The number of methoxy groups -OCH3 is 1. The van der Waals surface area contributed by atoms with E-state index in [0.29, 0.717) is 6.61 Å². The van der Waals surface area contributed by atoms with Gasteiger partial charge in [0.1, 0.15) is 11.8 Å². The summed E-state index contributed by atoms with van der Waals surface area (Å²) < 4.78 is 10.3. The van der Waals surface area contributed by atoms with Crippen molar-refractivity contribution in [2.24, 2.45) is 5.92 Å². The highest BCUT2D eigenvalue weighted by molar-refractivity contribution is 5.77. The summed E-state index contributed by atoms with van der Waals surface area (Å²) in [4.78, 5) is 11.8. The molecule has 0 heterocycles. The molecule has 0 bridgehead atoms. The number of esters is 1. The van der Waals surface area contributed by atoms with Crippen LogP contribution in [0.4, 0.5) is 0 Å². The van der Waals surface area contributed by atoms with Gasteiger partial charge in [-0.25, -0.2) is 4.79 Å². The Morgan fingerprint density at radius 2 is 2.05 bits per heavy atom. The number of hydrogen-bond donors (Lipinski definition) is 1. The number of ether oxygens (including phenoxy) is 2. The zero-order valence-electron chi connectivity index (χ0n) is 11.5. The fourth-order valence-electron chi connectivity index (χ4n) is 1.98. The summed E-state index contributed by atoms with van der Waals surface area (Å²) in [7, 11) is 1.42. The highest BCUT2D eigenvalue weighted by Gasteiger charge is 2.26. The first kappa shape index (κ1) is 13.9. The molecule has 0 spiro atoms. The van der Waals surface area contributed by atoms with Crippen LogP contribution < -0.4 is 10.1 Å². The van der Waals surface area contributed by atoms with Crippen LogP contribution in [-0.2, 0) is 9.53 Å². The third kappa shape index (κ3) is 3.96. The third-order valence-corrected chi connectivity index (χ3v) is 3.27. The lowest BCUT2D eigenvalue weighted by molar-refractivity contribution is -0.143. The molecule has 1 atom stereocenters. The van der Waals surface area contributed by atoms with Crippen LogP contribution in [0.25, 0.3) is 0 Å². The van der Waals surface area contributed by atoms with Crippen molar-refractivity contribution in [3.8, 4) is 5.75 Å². The van der Waals surface area contributed by atoms with Gasteiger partial charge < -0.3 is 14.8 Å². The fraction of sp³-hybridized carbons (Fsp3) is 0.533. The molecule has 0 aliphatic heterocycles. The second-order valence-electron chi connectivity index (χ2n) is 4.81. The van der Waals surface area contributed by atoms with E-state index in [2.05, 4.69) is 5.32 Å². The van der Waals surface area contributed by atoms with E-state index in [-0.39, 0.29) is 12.0 Å². The molecule has 104 valence electrons. The van der Waals surface area contributed by atoms with Crippen LogP contribution >= 0.6 is 0 Å². The lowest BCUT2D eigenvalue weighted by Crippen LogP contribution is -2.31.